The Labute approximate surface area is 156 Å². The van der Waals surface area contributed by atoms with Crippen LogP contribution in [0.5, 0.6) is 0 Å². The molecule has 0 aliphatic rings. The molecular weight excluding hydrogens is 383 g/mol. The second-order valence-corrected chi connectivity index (χ2v) is 6.11. The second-order valence-electron chi connectivity index (χ2n) is 6.11. The van der Waals surface area contributed by atoms with Crippen LogP contribution in [-0.2, 0) is 22.1 Å². The maximum atomic E-state index is 13.5. The number of nitrogens with zero attached hydrogens (tertiary/aromatic N) is 2. The predicted octanol–water partition coefficient (Wildman–Crippen LogP) is 5.30. The minimum Gasteiger partial charge on any atom is -0.454 e. The third-order valence-electron chi connectivity index (χ3n) is 4.12. The normalized spacial score (nSPS) is 13.1. The Kier molecular flexibility index (Phi) is 5.35. The lowest BCUT2D eigenvalue weighted by Crippen LogP contribution is -2.16. The van der Waals surface area contributed by atoms with Gasteiger partial charge in [0.15, 0.2) is 11.9 Å². The summed E-state index contributed by atoms with van der Waals surface area (Å²) in [6, 6.07) is 10.4. The van der Waals surface area contributed by atoms with Crippen LogP contribution in [0.15, 0.2) is 48.5 Å². The highest BCUT2D eigenvalue weighted by molar-refractivity contribution is 5.76. The van der Waals surface area contributed by atoms with E-state index in [9.17, 15) is 26.7 Å². The van der Waals surface area contributed by atoms with Gasteiger partial charge in [0.2, 0.25) is 0 Å². The van der Waals surface area contributed by atoms with Crippen molar-refractivity contribution in [2.75, 3.05) is 0 Å². The lowest BCUT2D eigenvalue weighted by atomic mass is 10.1. The number of hydrogen-bond donors (Lipinski definition) is 0. The van der Waals surface area contributed by atoms with E-state index in [2.05, 4.69) is 4.98 Å². The van der Waals surface area contributed by atoms with Crippen LogP contribution in [0.25, 0.3) is 11.0 Å². The number of halogens is 5. The molecule has 0 spiro atoms. The van der Waals surface area contributed by atoms with Crippen LogP contribution in [0.3, 0.4) is 0 Å². The average molecular weight is 398 g/mol. The van der Waals surface area contributed by atoms with Crippen molar-refractivity contribution in [3.05, 3.63) is 65.5 Å². The summed E-state index contributed by atoms with van der Waals surface area (Å²) in [7, 11) is 0. The smallest absolute Gasteiger partial charge is 0.416 e. The molecule has 9 heteroatoms. The van der Waals surface area contributed by atoms with E-state index in [1.54, 1.807) is 18.2 Å². The zero-order chi connectivity index (χ0) is 20.5. The highest BCUT2D eigenvalue weighted by Gasteiger charge is 2.30. The number of esters is 1. The molecule has 1 heterocycles. The van der Waals surface area contributed by atoms with E-state index in [4.69, 9.17) is 4.74 Å². The summed E-state index contributed by atoms with van der Waals surface area (Å²) in [6.45, 7) is -1.47. The predicted molar refractivity (Wildman–Crippen MR) is 90.6 cm³/mol. The fraction of sp³-hybridized carbons (Fsp3) is 0.263. The third kappa shape index (κ3) is 4.13. The maximum absolute atomic E-state index is 13.5. The van der Waals surface area contributed by atoms with Gasteiger partial charge in [-0.25, -0.2) is 4.98 Å². The first-order chi connectivity index (χ1) is 13.2. The maximum Gasteiger partial charge on any atom is 0.416 e. The van der Waals surface area contributed by atoms with E-state index in [1.165, 1.54) is 25.1 Å². The van der Waals surface area contributed by atoms with Crippen LogP contribution in [0.2, 0.25) is 0 Å². The van der Waals surface area contributed by atoms with E-state index in [0.717, 1.165) is 12.1 Å². The number of alkyl halides is 5. The number of para-hydroxylation sites is 2. The molecule has 2 aromatic carbocycles. The topological polar surface area (TPSA) is 44.1 Å². The van der Waals surface area contributed by atoms with Gasteiger partial charge in [0, 0.05) is 0 Å². The number of imidazole rings is 1. The molecular formula is C19H15F5N2O2. The van der Waals surface area contributed by atoms with Gasteiger partial charge in [-0.05, 0) is 36.8 Å². The van der Waals surface area contributed by atoms with Crippen molar-refractivity contribution in [1.82, 2.24) is 9.55 Å². The number of aromatic nitrogens is 2. The molecule has 148 valence electrons. The molecule has 0 unspecified atom stereocenters. The molecule has 3 aromatic rings. The minimum atomic E-state index is -4.47. The number of ether oxygens (including phenoxy) is 1. The first kappa shape index (κ1) is 19.8. The highest BCUT2D eigenvalue weighted by atomic mass is 19.4. The van der Waals surface area contributed by atoms with Crippen molar-refractivity contribution in [1.29, 1.82) is 0 Å². The molecule has 0 aliphatic carbocycles. The summed E-state index contributed by atoms with van der Waals surface area (Å²) < 4.78 is 70.5. The van der Waals surface area contributed by atoms with Gasteiger partial charge in [-0.1, -0.05) is 24.3 Å². The van der Waals surface area contributed by atoms with Crippen LogP contribution in [0.1, 0.15) is 36.5 Å². The largest absolute Gasteiger partial charge is 0.454 e. The van der Waals surface area contributed by atoms with Gasteiger partial charge in [-0.2, -0.15) is 22.0 Å². The number of rotatable bonds is 5. The van der Waals surface area contributed by atoms with E-state index in [1.807, 2.05) is 0 Å². The Morgan fingerprint density at radius 2 is 1.75 bits per heavy atom. The summed E-state index contributed by atoms with van der Waals surface area (Å²) in [4.78, 5) is 16.2. The van der Waals surface area contributed by atoms with Crippen LogP contribution < -0.4 is 0 Å². The molecule has 0 radical (unpaired) electrons. The fourth-order valence-corrected chi connectivity index (χ4v) is 2.82. The first-order valence-corrected chi connectivity index (χ1v) is 8.27. The van der Waals surface area contributed by atoms with Gasteiger partial charge in [0.25, 0.3) is 0 Å². The summed E-state index contributed by atoms with van der Waals surface area (Å²) in [6.07, 6.45) is -5.83. The molecule has 0 saturated carbocycles. The summed E-state index contributed by atoms with van der Waals surface area (Å²) in [5, 5.41) is 0. The van der Waals surface area contributed by atoms with Crippen molar-refractivity contribution in [2.45, 2.75) is 32.2 Å². The van der Waals surface area contributed by atoms with Crippen molar-refractivity contribution in [2.24, 2.45) is 0 Å². The molecule has 1 aromatic heterocycles. The molecule has 0 N–H and O–H groups in total. The summed E-state index contributed by atoms with van der Waals surface area (Å²) in [5.74, 6) is -0.878. The molecule has 0 bridgehead atoms. The molecule has 0 amide bonds. The van der Waals surface area contributed by atoms with Gasteiger partial charge in [0.05, 0.1) is 23.0 Å². The molecule has 4 nitrogen and oxygen atoms in total. The quantitative estimate of drug-likeness (QED) is 0.433. The lowest BCUT2D eigenvalue weighted by molar-refractivity contribution is -0.148. The number of carbonyl (C=O) groups excluding carboxylic acids is 1. The minimum absolute atomic E-state index is 0.114. The van der Waals surface area contributed by atoms with Crippen molar-refractivity contribution in [3.8, 4) is 0 Å². The van der Waals surface area contributed by atoms with Crippen LogP contribution in [0, 0.1) is 0 Å². The second kappa shape index (κ2) is 7.57. The summed E-state index contributed by atoms with van der Waals surface area (Å²) >= 11 is 0. The standard InChI is InChI=1S/C19H15F5N2O2/c1-11(17-25-14-4-2-3-5-15(14)26(17)18(20)21)28-16(27)10-12-6-8-13(9-7-12)19(22,23)24/h2-9,11,18H,10H2,1H3/t11-/m1/s1. The average Bonchev–Trinajstić information content (AvgIpc) is 3.01. The number of fused-ring (bicyclic) bond motifs is 1. The number of carbonyl (C=O) groups is 1. The molecule has 0 saturated heterocycles. The number of hydrogen-bond acceptors (Lipinski definition) is 3. The Morgan fingerprint density at radius 3 is 2.36 bits per heavy atom. The molecule has 3 rings (SSSR count). The van der Waals surface area contributed by atoms with Crippen molar-refractivity contribution in [3.63, 3.8) is 0 Å². The van der Waals surface area contributed by atoms with Crippen LogP contribution in [-0.4, -0.2) is 15.5 Å². The van der Waals surface area contributed by atoms with E-state index < -0.39 is 30.4 Å². The zero-order valence-corrected chi connectivity index (χ0v) is 14.6. The van der Waals surface area contributed by atoms with E-state index in [0.29, 0.717) is 15.6 Å². The van der Waals surface area contributed by atoms with Crippen LogP contribution >= 0.6 is 0 Å². The third-order valence-corrected chi connectivity index (χ3v) is 4.12. The lowest BCUT2D eigenvalue weighted by Gasteiger charge is -2.15. The molecule has 0 aliphatic heterocycles. The van der Waals surface area contributed by atoms with Crippen molar-refractivity contribution < 1.29 is 31.5 Å². The van der Waals surface area contributed by atoms with Gasteiger partial charge in [-0.3, -0.25) is 9.36 Å². The Morgan fingerprint density at radius 1 is 1.11 bits per heavy atom. The van der Waals surface area contributed by atoms with Crippen LogP contribution in [0.4, 0.5) is 22.0 Å². The van der Waals surface area contributed by atoms with Gasteiger partial charge in [-0.15, -0.1) is 0 Å². The number of benzene rings is 2. The van der Waals surface area contributed by atoms with E-state index in [-0.39, 0.29) is 17.8 Å². The first-order valence-electron chi connectivity index (χ1n) is 8.27. The molecule has 0 fully saturated rings. The fourth-order valence-electron chi connectivity index (χ4n) is 2.82. The monoisotopic (exact) mass is 398 g/mol. The van der Waals surface area contributed by atoms with Gasteiger partial charge >= 0.3 is 18.7 Å². The van der Waals surface area contributed by atoms with Gasteiger partial charge < -0.3 is 4.74 Å². The highest BCUT2D eigenvalue weighted by Crippen LogP contribution is 2.30. The zero-order valence-electron chi connectivity index (χ0n) is 14.6. The van der Waals surface area contributed by atoms with Crippen molar-refractivity contribution >= 4 is 17.0 Å². The molecule has 28 heavy (non-hydrogen) atoms. The molecule has 1 atom stereocenters. The Bertz CT molecular complexity index is 980. The van der Waals surface area contributed by atoms with Gasteiger partial charge in [0.1, 0.15) is 0 Å². The summed E-state index contributed by atoms with van der Waals surface area (Å²) in [5.41, 5.74) is 0.0257. The van der Waals surface area contributed by atoms with E-state index >= 15 is 0 Å². The Hall–Kier alpha value is -2.97. The Balaban J connectivity index is 1.74. The SMILES string of the molecule is C[C@@H](OC(=O)Cc1ccc(C(F)(F)F)cc1)c1nc2ccccc2n1C(F)F.